The quantitative estimate of drug-likeness (QED) is 0.821. The van der Waals surface area contributed by atoms with E-state index in [9.17, 15) is 8.42 Å². The van der Waals surface area contributed by atoms with E-state index < -0.39 is 10.0 Å². The van der Waals surface area contributed by atoms with E-state index in [1.165, 1.54) is 12.3 Å². The molecule has 0 fully saturated rings. The van der Waals surface area contributed by atoms with E-state index >= 15 is 0 Å². The fourth-order valence-corrected chi connectivity index (χ4v) is 4.08. The van der Waals surface area contributed by atoms with Crippen molar-refractivity contribution in [2.75, 3.05) is 12.0 Å². The molecule has 17 heavy (non-hydrogen) atoms. The molecule has 1 atom stereocenters. The molecular formula is C9H12BrClN2O2S2. The lowest BCUT2D eigenvalue weighted by atomic mass is 10.4. The van der Waals surface area contributed by atoms with E-state index in [0.717, 1.165) is 0 Å². The number of nitrogens with zero attached hydrogens (tertiary/aromatic N) is 1. The van der Waals surface area contributed by atoms with Crippen molar-refractivity contribution in [3.8, 4) is 0 Å². The van der Waals surface area contributed by atoms with Crippen LogP contribution < -0.4 is 4.72 Å². The maximum Gasteiger partial charge on any atom is 0.243 e. The average molecular weight is 360 g/mol. The number of hydrogen-bond donors (Lipinski definition) is 1. The smallest absolute Gasteiger partial charge is 0.242 e. The second-order valence-corrected chi connectivity index (χ2v) is 7.29. The molecule has 0 aliphatic heterocycles. The Hall–Kier alpha value is 0.180. The molecule has 0 aliphatic carbocycles. The van der Waals surface area contributed by atoms with Gasteiger partial charge in [0.25, 0.3) is 0 Å². The summed E-state index contributed by atoms with van der Waals surface area (Å²) in [6, 6.07) is 1.27. The normalized spacial score (nSPS) is 13.6. The van der Waals surface area contributed by atoms with Gasteiger partial charge >= 0.3 is 0 Å². The average Bonchev–Trinajstić information content (AvgIpc) is 2.21. The summed E-state index contributed by atoms with van der Waals surface area (Å²) in [6.07, 6.45) is 3.37. The van der Waals surface area contributed by atoms with Gasteiger partial charge in [0.1, 0.15) is 10.0 Å². The van der Waals surface area contributed by atoms with Crippen molar-refractivity contribution in [2.24, 2.45) is 0 Å². The molecule has 1 heterocycles. The highest BCUT2D eigenvalue weighted by molar-refractivity contribution is 9.10. The number of pyridine rings is 1. The zero-order valence-corrected chi connectivity index (χ0v) is 13.3. The number of rotatable bonds is 5. The number of nitrogens with one attached hydrogen (secondary N) is 1. The van der Waals surface area contributed by atoms with Gasteiger partial charge < -0.3 is 0 Å². The molecule has 0 saturated heterocycles. The van der Waals surface area contributed by atoms with Crippen molar-refractivity contribution >= 4 is 49.3 Å². The molecule has 96 valence electrons. The molecule has 8 heteroatoms. The van der Waals surface area contributed by atoms with Crippen molar-refractivity contribution in [2.45, 2.75) is 17.9 Å². The van der Waals surface area contributed by atoms with Gasteiger partial charge in [-0.2, -0.15) is 11.8 Å². The maximum absolute atomic E-state index is 12.0. The molecular weight excluding hydrogens is 348 g/mol. The van der Waals surface area contributed by atoms with Crippen LogP contribution in [0, 0.1) is 0 Å². The lowest BCUT2D eigenvalue weighted by Gasteiger charge is -2.13. The SMILES string of the molecule is CSCC(C)NS(=O)(=O)c1cc(Br)cnc1Cl. The maximum atomic E-state index is 12.0. The lowest BCUT2D eigenvalue weighted by Crippen LogP contribution is -2.34. The van der Waals surface area contributed by atoms with Gasteiger partial charge in [0.05, 0.1) is 0 Å². The van der Waals surface area contributed by atoms with Crippen LogP contribution in [0.3, 0.4) is 0 Å². The number of halogens is 2. The summed E-state index contributed by atoms with van der Waals surface area (Å²) in [4.78, 5) is 3.78. The highest BCUT2D eigenvalue weighted by Gasteiger charge is 2.21. The van der Waals surface area contributed by atoms with Crippen LogP contribution in [-0.2, 0) is 10.0 Å². The fraction of sp³-hybridized carbons (Fsp3) is 0.444. The van der Waals surface area contributed by atoms with Crippen molar-refractivity contribution in [3.63, 3.8) is 0 Å². The molecule has 1 N–H and O–H groups in total. The van der Waals surface area contributed by atoms with Crippen LogP contribution in [-0.4, -0.2) is 31.5 Å². The van der Waals surface area contributed by atoms with Crippen LogP contribution in [0.25, 0.3) is 0 Å². The Morgan fingerprint density at radius 3 is 2.88 bits per heavy atom. The minimum atomic E-state index is -3.62. The van der Waals surface area contributed by atoms with Crippen molar-refractivity contribution in [3.05, 3.63) is 21.9 Å². The molecule has 1 rings (SSSR count). The Balaban J connectivity index is 3.01. The Morgan fingerprint density at radius 1 is 1.65 bits per heavy atom. The monoisotopic (exact) mass is 358 g/mol. The summed E-state index contributed by atoms with van der Waals surface area (Å²) < 4.78 is 27.2. The van der Waals surface area contributed by atoms with E-state index in [2.05, 4.69) is 25.6 Å². The van der Waals surface area contributed by atoms with Crippen LogP contribution in [0.15, 0.2) is 21.6 Å². The molecule has 1 unspecified atom stereocenters. The first-order chi connectivity index (χ1) is 7.86. The summed E-state index contributed by atoms with van der Waals surface area (Å²) in [6.45, 7) is 1.80. The highest BCUT2D eigenvalue weighted by atomic mass is 79.9. The third kappa shape index (κ3) is 4.40. The topological polar surface area (TPSA) is 59.1 Å². The Labute approximate surface area is 119 Å². The Kier molecular flexibility index (Phi) is 5.72. The van der Waals surface area contributed by atoms with Crippen molar-refractivity contribution in [1.29, 1.82) is 0 Å². The van der Waals surface area contributed by atoms with Gasteiger partial charge in [0, 0.05) is 22.5 Å². The minimum absolute atomic E-state index is 0.0125. The first-order valence-corrected chi connectivity index (χ1v) is 8.74. The van der Waals surface area contributed by atoms with Gasteiger partial charge in [-0.25, -0.2) is 18.1 Å². The van der Waals surface area contributed by atoms with E-state index in [0.29, 0.717) is 10.2 Å². The molecule has 0 bridgehead atoms. The van der Waals surface area contributed by atoms with E-state index in [-0.39, 0.29) is 16.1 Å². The Bertz CT molecular complexity index is 496. The van der Waals surface area contributed by atoms with Crippen LogP contribution in [0.1, 0.15) is 6.92 Å². The molecule has 0 spiro atoms. The second kappa shape index (κ2) is 6.38. The molecule has 0 amide bonds. The summed E-state index contributed by atoms with van der Waals surface area (Å²) in [5, 5.41) is -0.0305. The third-order valence-corrected chi connectivity index (χ3v) is 5.12. The predicted molar refractivity (Wildman–Crippen MR) is 75.1 cm³/mol. The molecule has 4 nitrogen and oxygen atoms in total. The van der Waals surface area contributed by atoms with Crippen LogP contribution in [0.2, 0.25) is 5.15 Å². The zero-order valence-electron chi connectivity index (χ0n) is 9.28. The largest absolute Gasteiger partial charge is 0.243 e. The number of sulfonamides is 1. The van der Waals surface area contributed by atoms with Gasteiger partial charge in [-0.05, 0) is 35.2 Å². The molecule has 1 aromatic rings. The Morgan fingerprint density at radius 2 is 2.29 bits per heavy atom. The summed E-state index contributed by atoms with van der Waals surface area (Å²) in [7, 11) is -3.62. The first-order valence-electron chi connectivity index (χ1n) is 4.69. The standard InChI is InChI=1S/C9H12BrClN2O2S2/c1-6(5-16-2)13-17(14,15)8-3-7(10)4-12-9(8)11/h3-4,6,13H,5H2,1-2H3. The third-order valence-electron chi connectivity index (χ3n) is 1.84. The van der Waals surface area contributed by atoms with E-state index in [1.54, 1.807) is 18.7 Å². The summed E-state index contributed by atoms with van der Waals surface area (Å²) in [5.41, 5.74) is 0. The van der Waals surface area contributed by atoms with Crippen LogP contribution in [0.5, 0.6) is 0 Å². The van der Waals surface area contributed by atoms with Gasteiger partial charge in [0.2, 0.25) is 10.0 Å². The van der Waals surface area contributed by atoms with Gasteiger partial charge in [-0.3, -0.25) is 0 Å². The fourth-order valence-electron chi connectivity index (χ4n) is 1.20. The van der Waals surface area contributed by atoms with Gasteiger partial charge in [-0.15, -0.1) is 0 Å². The first kappa shape index (κ1) is 15.2. The number of aromatic nitrogens is 1. The van der Waals surface area contributed by atoms with Gasteiger partial charge in [-0.1, -0.05) is 11.6 Å². The lowest BCUT2D eigenvalue weighted by molar-refractivity contribution is 0.570. The summed E-state index contributed by atoms with van der Waals surface area (Å²) in [5.74, 6) is 0.693. The van der Waals surface area contributed by atoms with Crippen LogP contribution >= 0.6 is 39.3 Å². The highest BCUT2D eigenvalue weighted by Crippen LogP contribution is 2.22. The molecule has 0 radical (unpaired) electrons. The minimum Gasteiger partial charge on any atom is -0.242 e. The molecule has 0 aromatic carbocycles. The number of hydrogen-bond acceptors (Lipinski definition) is 4. The predicted octanol–water partition coefficient (Wildman–Crippen LogP) is 2.53. The van der Waals surface area contributed by atoms with Crippen molar-refractivity contribution in [1.82, 2.24) is 9.71 Å². The van der Waals surface area contributed by atoms with Gasteiger partial charge in [0.15, 0.2) is 0 Å². The van der Waals surface area contributed by atoms with E-state index in [4.69, 9.17) is 11.6 Å². The van der Waals surface area contributed by atoms with E-state index in [1.807, 2.05) is 6.26 Å². The molecule has 0 aliphatic rings. The second-order valence-electron chi connectivity index (χ2n) is 3.42. The molecule has 1 aromatic heterocycles. The number of thioether (sulfide) groups is 1. The summed E-state index contributed by atoms with van der Waals surface area (Å²) >= 11 is 10.5. The van der Waals surface area contributed by atoms with Crippen molar-refractivity contribution < 1.29 is 8.42 Å². The molecule has 0 saturated carbocycles. The zero-order chi connectivity index (χ0) is 13.1. The van der Waals surface area contributed by atoms with Crippen LogP contribution in [0.4, 0.5) is 0 Å².